The monoisotopic (exact) mass is 451 g/mol. The highest BCUT2D eigenvalue weighted by Gasteiger charge is 2.20. The second-order valence-corrected chi connectivity index (χ2v) is 7.95. The third-order valence-corrected chi connectivity index (χ3v) is 5.85. The highest BCUT2D eigenvalue weighted by molar-refractivity contribution is 5.93. The molecule has 0 atom stereocenters. The quantitative estimate of drug-likeness (QED) is 0.437. The zero-order chi connectivity index (χ0) is 22.9. The highest BCUT2D eigenvalue weighted by Crippen LogP contribution is 2.30. The Hall–Kier alpha value is -3.81. The summed E-state index contributed by atoms with van der Waals surface area (Å²) in [4.78, 5) is 21.6. The average molecular weight is 451 g/mol. The van der Waals surface area contributed by atoms with Crippen LogP contribution < -0.4 is 0 Å². The molecule has 5 nitrogen and oxygen atoms in total. The van der Waals surface area contributed by atoms with Gasteiger partial charge in [-0.05, 0) is 42.3 Å². The van der Waals surface area contributed by atoms with Crippen molar-refractivity contribution in [3.8, 4) is 11.3 Å². The van der Waals surface area contributed by atoms with Gasteiger partial charge >= 0.3 is 0 Å². The van der Waals surface area contributed by atoms with Crippen molar-refractivity contribution >= 4 is 22.4 Å². The Labute approximate surface area is 187 Å². The van der Waals surface area contributed by atoms with Gasteiger partial charge < -0.3 is 14.3 Å². The standard InChI is InChI=1S/C25H20F3N3O2/c26-16-2-4-19(21(28)11-16)23-14-30-24(33-23)5-6-25(32)31-9-7-15(8-10-31)20-13-29-22-12-17(27)1-3-18(20)22/h1-4,7,11-14,29H,5-6,8-10H2. The lowest BCUT2D eigenvalue weighted by Crippen LogP contribution is -2.34. The van der Waals surface area contributed by atoms with E-state index in [-0.39, 0.29) is 35.9 Å². The Bertz CT molecular complexity index is 1370. The molecule has 0 fully saturated rings. The molecule has 0 unspecified atom stereocenters. The summed E-state index contributed by atoms with van der Waals surface area (Å²) in [5.41, 5.74) is 3.01. The van der Waals surface area contributed by atoms with E-state index in [2.05, 4.69) is 9.97 Å². The van der Waals surface area contributed by atoms with Gasteiger partial charge in [0.25, 0.3) is 0 Å². The fraction of sp³-hybridized carbons (Fsp3) is 0.200. The van der Waals surface area contributed by atoms with Crippen molar-refractivity contribution < 1.29 is 22.4 Å². The Morgan fingerprint density at radius 2 is 1.91 bits per heavy atom. The van der Waals surface area contributed by atoms with Gasteiger partial charge in [0.15, 0.2) is 11.7 Å². The van der Waals surface area contributed by atoms with Gasteiger partial charge in [-0.25, -0.2) is 18.2 Å². The number of fused-ring (bicyclic) bond motifs is 1. The van der Waals surface area contributed by atoms with Crippen LogP contribution >= 0.6 is 0 Å². The number of benzene rings is 2. The van der Waals surface area contributed by atoms with E-state index < -0.39 is 11.6 Å². The molecule has 4 aromatic rings. The summed E-state index contributed by atoms with van der Waals surface area (Å²) in [6.07, 6.45) is 6.46. The molecule has 33 heavy (non-hydrogen) atoms. The first-order valence-corrected chi connectivity index (χ1v) is 10.6. The number of aromatic nitrogens is 2. The number of hydrogen-bond acceptors (Lipinski definition) is 3. The molecule has 3 heterocycles. The van der Waals surface area contributed by atoms with Crippen LogP contribution in [0.15, 0.2) is 59.3 Å². The average Bonchev–Trinajstić information content (AvgIpc) is 3.44. The van der Waals surface area contributed by atoms with Crippen LogP contribution in [0.4, 0.5) is 13.2 Å². The lowest BCUT2D eigenvalue weighted by atomic mass is 9.98. The van der Waals surface area contributed by atoms with Gasteiger partial charge in [-0.1, -0.05) is 6.08 Å². The maximum Gasteiger partial charge on any atom is 0.223 e. The zero-order valence-electron chi connectivity index (χ0n) is 17.6. The van der Waals surface area contributed by atoms with Crippen molar-refractivity contribution in [3.05, 3.63) is 83.8 Å². The van der Waals surface area contributed by atoms with Crippen LogP contribution in [0.2, 0.25) is 0 Å². The predicted molar refractivity (Wildman–Crippen MR) is 118 cm³/mol. The van der Waals surface area contributed by atoms with Crippen molar-refractivity contribution in [3.63, 3.8) is 0 Å². The molecule has 1 aliphatic heterocycles. The molecule has 1 amide bonds. The van der Waals surface area contributed by atoms with Crippen LogP contribution in [0.1, 0.15) is 24.3 Å². The third kappa shape index (κ3) is 4.28. The molecule has 0 saturated carbocycles. The molecule has 0 aliphatic carbocycles. The number of nitrogens with one attached hydrogen (secondary N) is 1. The number of amides is 1. The molecule has 0 radical (unpaired) electrons. The number of aryl methyl sites for hydroxylation is 1. The number of aromatic amines is 1. The van der Waals surface area contributed by atoms with Gasteiger partial charge in [0.05, 0.1) is 11.8 Å². The maximum atomic E-state index is 13.9. The molecule has 1 N–H and O–H groups in total. The largest absolute Gasteiger partial charge is 0.441 e. The Morgan fingerprint density at radius 3 is 2.70 bits per heavy atom. The Morgan fingerprint density at radius 1 is 1.09 bits per heavy atom. The van der Waals surface area contributed by atoms with E-state index in [1.54, 1.807) is 11.0 Å². The second-order valence-electron chi connectivity index (χ2n) is 7.95. The number of carbonyl (C=O) groups is 1. The summed E-state index contributed by atoms with van der Waals surface area (Å²) in [7, 11) is 0. The molecule has 2 aromatic carbocycles. The van der Waals surface area contributed by atoms with E-state index in [9.17, 15) is 18.0 Å². The van der Waals surface area contributed by atoms with Gasteiger partial charge in [-0.15, -0.1) is 0 Å². The number of oxazole rings is 1. The van der Waals surface area contributed by atoms with E-state index in [0.717, 1.165) is 34.2 Å². The fourth-order valence-corrected chi connectivity index (χ4v) is 4.12. The van der Waals surface area contributed by atoms with Gasteiger partial charge in [-0.3, -0.25) is 4.79 Å². The van der Waals surface area contributed by atoms with Crippen LogP contribution in [0, 0.1) is 17.5 Å². The lowest BCUT2D eigenvalue weighted by molar-refractivity contribution is -0.130. The Balaban J connectivity index is 1.20. The van der Waals surface area contributed by atoms with Crippen molar-refractivity contribution in [2.24, 2.45) is 0 Å². The van der Waals surface area contributed by atoms with Gasteiger partial charge in [0.1, 0.15) is 17.5 Å². The minimum Gasteiger partial charge on any atom is -0.441 e. The first-order valence-electron chi connectivity index (χ1n) is 10.6. The first-order chi connectivity index (χ1) is 16.0. The van der Waals surface area contributed by atoms with Crippen LogP contribution in [0.5, 0.6) is 0 Å². The molecule has 1 aliphatic rings. The van der Waals surface area contributed by atoms with Crippen LogP contribution in [-0.2, 0) is 11.2 Å². The summed E-state index contributed by atoms with van der Waals surface area (Å²) in [6, 6.07) is 7.90. The van der Waals surface area contributed by atoms with E-state index in [4.69, 9.17) is 4.42 Å². The zero-order valence-corrected chi connectivity index (χ0v) is 17.6. The van der Waals surface area contributed by atoms with E-state index >= 15 is 0 Å². The number of hydrogen-bond donors (Lipinski definition) is 1. The molecule has 0 spiro atoms. The summed E-state index contributed by atoms with van der Waals surface area (Å²) < 4.78 is 46.0. The van der Waals surface area contributed by atoms with Crippen molar-refractivity contribution in [1.82, 2.24) is 14.9 Å². The smallest absolute Gasteiger partial charge is 0.223 e. The first kappa shape index (κ1) is 21.1. The van der Waals surface area contributed by atoms with Crippen molar-refractivity contribution in [2.45, 2.75) is 19.3 Å². The Kier molecular flexibility index (Phi) is 5.50. The third-order valence-electron chi connectivity index (χ3n) is 5.85. The summed E-state index contributed by atoms with van der Waals surface area (Å²) in [5, 5.41) is 0.958. The van der Waals surface area contributed by atoms with Gasteiger partial charge in [0.2, 0.25) is 5.91 Å². The van der Waals surface area contributed by atoms with Crippen LogP contribution in [0.3, 0.4) is 0 Å². The highest BCUT2D eigenvalue weighted by atomic mass is 19.1. The number of carbonyl (C=O) groups excluding carboxylic acids is 1. The summed E-state index contributed by atoms with van der Waals surface area (Å²) in [5.74, 6) is -1.20. The van der Waals surface area contributed by atoms with Gasteiger partial charge in [0, 0.05) is 54.7 Å². The summed E-state index contributed by atoms with van der Waals surface area (Å²) in [6.45, 7) is 1.07. The van der Waals surface area contributed by atoms with Gasteiger partial charge in [-0.2, -0.15) is 0 Å². The molecule has 2 aromatic heterocycles. The van der Waals surface area contributed by atoms with Crippen LogP contribution in [-0.4, -0.2) is 33.9 Å². The molecule has 5 rings (SSSR count). The second kappa shape index (κ2) is 8.61. The van der Waals surface area contributed by atoms with E-state index in [0.29, 0.717) is 25.4 Å². The van der Waals surface area contributed by atoms with Crippen LogP contribution in [0.25, 0.3) is 27.8 Å². The van der Waals surface area contributed by atoms with Crippen molar-refractivity contribution in [1.29, 1.82) is 0 Å². The fourth-order valence-electron chi connectivity index (χ4n) is 4.12. The summed E-state index contributed by atoms with van der Waals surface area (Å²) >= 11 is 0. The number of halogens is 3. The number of H-pyrrole nitrogens is 1. The molecule has 0 saturated heterocycles. The minimum atomic E-state index is -0.731. The molecule has 0 bridgehead atoms. The maximum absolute atomic E-state index is 13.9. The number of nitrogens with zero attached hydrogens (tertiary/aromatic N) is 2. The topological polar surface area (TPSA) is 62.1 Å². The lowest BCUT2D eigenvalue weighted by Gasteiger charge is -2.26. The number of rotatable bonds is 5. The molecular weight excluding hydrogens is 431 g/mol. The SMILES string of the molecule is O=C(CCc1ncc(-c2ccc(F)cc2F)o1)N1CC=C(c2c[nH]c3cc(F)ccc23)CC1. The van der Waals surface area contributed by atoms with Crippen molar-refractivity contribution in [2.75, 3.05) is 13.1 Å². The minimum absolute atomic E-state index is 0.0287. The molecule has 168 valence electrons. The van der Waals surface area contributed by atoms with E-state index in [1.165, 1.54) is 24.4 Å². The normalized spacial score (nSPS) is 14.0. The molecule has 8 heteroatoms. The van der Waals surface area contributed by atoms with E-state index in [1.807, 2.05) is 12.3 Å². The predicted octanol–water partition coefficient (Wildman–Crippen LogP) is 5.49. The molecular formula is C25H20F3N3O2.